The molecule has 1 unspecified atom stereocenters. The lowest BCUT2D eigenvalue weighted by Gasteiger charge is -2.17. The van der Waals surface area contributed by atoms with Crippen LogP contribution in [0.15, 0.2) is 48.5 Å². The van der Waals surface area contributed by atoms with Crippen molar-refractivity contribution in [3.05, 3.63) is 59.7 Å². The maximum atomic E-state index is 10.8. The molecule has 0 bridgehead atoms. The van der Waals surface area contributed by atoms with Crippen molar-refractivity contribution in [2.75, 3.05) is 5.32 Å². The summed E-state index contributed by atoms with van der Waals surface area (Å²) in [5.74, 6) is -0.0638. The molecule has 0 aliphatic carbocycles. The Morgan fingerprint density at radius 2 is 1.85 bits per heavy atom. The van der Waals surface area contributed by atoms with Gasteiger partial charge in [0.2, 0.25) is 5.91 Å². The summed E-state index contributed by atoms with van der Waals surface area (Å²) >= 11 is 0. The van der Waals surface area contributed by atoms with Gasteiger partial charge in [-0.25, -0.2) is 0 Å². The first-order valence-corrected chi connectivity index (χ1v) is 6.48. The summed E-state index contributed by atoms with van der Waals surface area (Å²) in [5.41, 5.74) is 7.81. The number of phenols is 1. The molecule has 0 saturated carbocycles. The number of hydrogen-bond donors (Lipinski definition) is 3. The molecule has 0 spiro atoms. The van der Waals surface area contributed by atoms with Crippen molar-refractivity contribution in [3.63, 3.8) is 0 Å². The smallest absolute Gasteiger partial charge is 0.221 e. The van der Waals surface area contributed by atoms with E-state index in [2.05, 4.69) is 5.32 Å². The van der Waals surface area contributed by atoms with Crippen LogP contribution < -0.4 is 11.1 Å². The highest BCUT2D eigenvalue weighted by Gasteiger charge is 2.09. The first kappa shape index (κ1) is 13.9. The van der Waals surface area contributed by atoms with Crippen molar-refractivity contribution in [1.29, 1.82) is 0 Å². The third-order valence-electron chi connectivity index (χ3n) is 3.12. The van der Waals surface area contributed by atoms with Gasteiger partial charge in [-0.1, -0.05) is 30.3 Å². The Kier molecular flexibility index (Phi) is 4.25. The van der Waals surface area contributed by atoms with Gasteiger partial charge < -0.3 is 16.2 Å². The highest BCUT2D eigenvalue weighted by Crippen LogP contribution is 2.26. The molecule has 4 nitrogen and oxygen atoms in total. The average molecular weight is 270 g/mol. The number of carbonyl (C=O) groups excluding carboxylic acids is 1. The van der Waals surface area contributed by atoms with E-state index >= 15 is 0 Å². The quantitative estimate of drug-likeness (QED) is 0.781. The maximum absolute atomic E-state index is 10.8. The van der Waals surface area contributed by atoms with E-state index in [0.29, 0.717) is 0 Å². The average Bonchev–Trinajstić information content (AvgIpc) is 2.41. The van der Waals surface area contributed by atoms with Gasteiger partial charge in [0.15, 0.2) is 0 Å². The van der Waals surface area contributed by atoms with E-state index in [1.807, 2.05) is 43.3 Å². The molecular weight excluding hydrogens is 252 g/mol. The minimum absolute atomic E-state index is 0.0156. The molecular formula is C16H18N2O2. The second-order valence-electron chi connectivity index (χ2n) is 4.76. The Labute approximate surface area is 118 Å². The molecule has 2 aromatic carbocycles. The SMILES string of the molecule is CC(Nc1ccc(CC(N)=O)cc1)c1ccccc1O. The number of hydrogen-bond acceptors (Lipinski definition) is 3. The topological polar surface area (TPSA) is 75.3 Å². The van der Waals surface area contributed by atoms with Gasteiger partial charge in [0.1, 0.15) is 5.75 Å². The fourth-order valence-corrected chi connectivity index (χ4v) is 2.10. The molecule has 1 amide bonds. The van der Waals surface area contributed by atoms with Crippen molar-refractivity contribution in [2.24, 2.45) is 5.73 Å². The van der Waals surface area contributed by atoms with Crippen LogP contribution in [-0.4, -0.2) is 11.0 Å². The predicted molar refractivity (Wildman–Crippen MR) is 79.5 cm³/mol. The molecule has 104 valence electrons. The number of para-hydroxylation sites is 1. The summed E-state index contributed by atoms with van der Waals surface area (Å²) in [6, 6.07) is 14.8. The second-order valence-corrected chi connectivity index (χ2v) is 4.76. The van der Waals surface area contributed by atoms with Crippen molar-refractivity contribution in [1.82, 2.24) is 0 Å². The van der Waals surface area contributed by atoms with Gasteiger partial charge in [-0.05, 0) is 30.7 Å². The molecule has 4 N–H and O–H groups in total. The minimum Gasteiger partial charge on any atom is -0.508 e. The van der Waals surface area contributed by atoms with Gasteiger partial charge in [0.05, 0.1) is 12.5 Å². The summed E-state index contributed by atoms with van der Waals surface area (Å²) in [7, 11) is 0. The Balaban J connectivity index is 2.06. The number of carbonyl (C=O) groups is 1. The molecule has 0 aliphatic heterocycles. The lowest BCUT2D eigenvalue weighted by atomic mass is 10.1. The molecule has 0 aliphatic rings. The van der Waals surface area contributed by atoms with Crippen LogP contribution in [0.5, 0.6) is 5.75 Å². The standard InChI is InChI=1S/C16H18N2O2/c1-11(14-4-2-3-5-15(14)19)18-13-8-6-12(7-9-13)10-16(17)20/h2-9,11,18-19H,10H2,1H3,(H2,17,20). The zero-order valence-electron chi connectivity index (χ0n) is 11.3. The monoisotopic (exact) mass is 270 g/mol. The molecule has 0 heterocycles. The number of primary amides is 1. The first-order chi connectivity index (χ1) is 9.56. The number of rotatable bonds is 5. The van der Waals surface area contributed by atoms with Gasteiger partial charge >= 0.3 is 0 Å². The third-order valence-corrected chi connectivity index (χ3v) is 3.12. The zero-order valence-corrected chi connectivity index (χ0v) is 11.3. The molecule has 2 rings (SSSR count). The largest absolute Gasteiger partial charge is 0.508 e. The minimum atomic E-state index is -0.340. The van der Waals surface area contributed by atoms with E-state index in [0.717, 1.165) is 16.8 Å². The molecule has 0 aromatic heterocycles. The molecule has 0 radical (unpaired) electrons. The van der Waals surface area contributed by atoms with E-state index in [-0.39, 0.29) is 24.1 Å². The van der Waals surface area contributed by atoms with Gasteiger partial charge in [-0.3, -0.25) is 4.79 Å². The fourth-order valence-electron chi connectivity index (χ4n) is 2.10. The van der Waals surface area contributed by atoms with E-state index in [1.54, 1.807) is 12.1 Å². The van der Waals surface area contributed by atoms with Crippen LogP contribution in [0.2, 0.25) is 0 Å². The molecule has 0 fully saturated rings. The van der Waals surface area contributed by atoms with Crippen molar-refractivity contribution in [2.45, 2.75) is 19.4 Å². The summed E-state index contributed by atoms with van der Waals surface area (Å²) in [4.78, 5) is 10.8. The van der Waals surface area contributed by atoms with Crippen LogP contribution in [0.1, 0.15) is 24.1 Å². The summed E-state index contributed by atoms with van der Waals surface area (Å²) in [6.07, 6.45) is 0.245. The Morgan fingerprint density at radius 3 is 2.45 bits per heavy atom. The molecule has 4 heteroatoms. The van der Waals surface area contributed by atoms with Gasteiger partial charge in [-0.15, -0.1) is 0 Å². The van der Waals surface area contributed by atoms with Crippen LogP contribution in [0, 0.1) is 0 Å². The number of amides is 1. The zero-order chi connectivity index (χ0) is 14.5. The van der Waals surface area contributed by atoms with Gasteiger partial charge in [0.25, 0.3) is 0 Å². The van der Waals surface area contributed by atoms with Crippen LogP contribution in [-0.2, 0) is 11.2 Å². The van der Waals surface area contributed by atoms with Crippen LogP contribution in [0.4, 0.5) is 5.69 Å². The van der Waals surface area contributed by atoms with Gasteiger partial charge in [0, 0.05) is 11.3 Å². The van der Waals surface area contributed by atoms with E-state index in [1.165, 1.54) is 0 Å². The highest BCUT2D eigenvalue weighted by atomic mass is 16.3. The molecule has 1 atom stereocenters. The number of nitrogens with one attached hydrogen (secondary N) is 1. The maximum Gasteiger partial charge on any atom is 0.221 e. The number of benzene rings is 2. The van der Waals surface area contributed by atoms with Crippen LogP contribution in [0.3, 0.4) is 0 Å². The van der Waals surface area contributed by atoms with Crippen LogP contribution >= 0.6 is 0 Å². The third kappa shape index (κ3) is 3.51. The van der Waals surface area contributed by atoms with Crippen molar-refractivity contribution < 1.29 is 9.90 Å². The number of aromatic hydroxyl groups is 1. The number of anilines is 1. The van der Waals surface area contributed by atoms with Crippen LogP contribution in [0.25, 0.3) is 0 Å². The fraction of sp³-hybridized carbons (Fsp3) is 0.188. The van der Waals surface area contributed by atoms with Crippen molar-refractivity contribution >= 4 is 11.6 Å². The van der Waals surface area contributed by atoms with E-state index < -0.39 is 0 Å². The summed E-state index contributed by atoms with van der Waals surface area (Å²) < 4.78 is 0. The Morgan fingerprint density at radius 1 is 1.20 bits per heavy atom. The summed E-state index contributed by atoms with van der Waals surface area (Å²) in [5, 5.41) is 13.1. The van der Waals surface area contributed by atoms with Crippen molar-refractivity contribution in [3.8, 4) is 5.75 Å². The number of nitrogens with two attached hydrogens (primary N) is 1. The number of phenolic OH excluding ortho intramolecular Hbond substituents is 1. The lowest BCUT2D eigenvalue weighted by molar-refractivity contribution is -0.117. The molecule has 0 saturated heterocycles. The second kappa shape index (κ2) is 6.10. The normalized spacial score (nSPS) is 11.8. The summed E-state index contributed by atoms with van der Waals surface area (Å²) in [6.45, 7) is 1.98. The first-order valence-electron chi connectivity index (χ1n) is 6.48. The van der Waals surface area contributed by atoms with Gasteiger partial charge in [-0.2, -0.15) is 0 Å². The molecule has 2 aromatic rings. The Hall–Kier alpha value is -2.49. The molecule has 20 heavy (non-hydrogen) atoms. The lowest BCUT2D eigenvalue weighted by Crippen LogP contribution is -2.13. The van der Waals surface area contributed by atoms with E-state index in [4.69, 9.17) is 5.73 Å². The Bertz CT molecular complexity index is 594. The predicted octanol–water partition coefficient (Wildman–Crippen LogP) is 2.59. The highest BCUT2D eigenvalue weighted by molar-refractivity contribution is 5.76. The van der Waals surface area contributed by atoms with E-state index in [9.17, 15) is 9.90 Å².